The highest BCUT2D eigenvalue weighted by Gasteiger charge is 2.34. The number of hydrogen-bond acceptors (Lipinski definition) is 4. The maximum atomic E-state index is 11.9. The largest absolute Gasteiger partial charge is 0.480 e. The van der Waals surface area contributed by atoms with E-state index < -0.39 is 12.0 Å². The van der Waals surface area contributed by atoms with Crippen LogP contribution in [-0.2, 0) is 9.59 Å². The highest BCUT2D eigenvalue weighted by molar-refractivity contribution is 7.99. The molecular formula is C11H18N2O3S. The fourth-order valence-electron chi connectivity index (χ4n) is 2.33. The molecule has 2 aliphatic rings. The lowest BCUT2D eigenvalue weighted by atomic mass is 10.0. The van der Waals surface area contributed by atoms with Crippen LogP contribution in [0.4, 0.5) is 0 Å². The number of hydrogen-bond donors (Lipinski definition) is 2. The standard InChI is InChI=1S/C11H18N2O3S/c14-10(2-1-8-3-4-12-5-8)13-7-17-6-9(13)11(15)16/h8-9,12H,1-7H2,(H,15,16). The SMILES string of the molecule is O=C(O)C1CSCN1C(=O)CCC1CCNC1. The van der Waals surface area contributed by atoms with Crippen LogP contribution in [0.25, 0.3) is 0 Å². The summed E-state index contributed by atoms with van der Waals surface area (Å²) in [6.45, 7) is 2.03. The molecule has 2 rings (SSSR count). The smallest absolute Gasteiger partial charge is 0.327 e. The van der Waals surface area contributed by atoms with Crippen molar-refractivity contribution in [3.05, 3.63) is 0 Å². The van der Waals surface area contributed by atoms with E-state index in [2.05, 4.69) is 5.32 Å². The average molecular weight is 258 g/mol. The van der Waals surface area contributed by atoms with E-state index in [0.29, 0.717) is 24.0 Å². The van der Waals surface area contributed by atoms with Crippen LogP contribution in [0.1, 0.15) is 19.3 Å². The van der Waals surface area contributed by atoms with Crippen LogP contribution in [0.5, 0.6) is 0 Å². The van der Waals surface area contributed by atoms with Gasteiger partial charge in [0.2, 0.25) is 5.91 Å². The van der Waals surface area contributed by atoms with Gasteiger partial charge in [-0.2, -0.15) is 0 Å². The summed E-state index contributed by atoms with van der Waals surface area (Å²) in [7, 11) is 0. The molecule has 2 unspecified atom stereocenters. The van der Waals surface area contributed by atoms with Crippen LogP contribution in [-0.4, -0.2) is 52.6 Å². The third-order valence-electron chi connectivity index (χ3n) is 3.42. The van der Waals surface area contributed by atoms with Crippen molar-refractivity contribution in [2.45, 2.75) is 25.3 Å². The molecule has 2 saturated heterocycles. The number of carboxylic acids is 1. The molecule has 2 aliphatic heterocycles. The molecule has 0 aromatic heterocycles. The van der Waals surface area contributed by atoms with Gasteiger partial charge in [-0.1, -0.05) is 0 Å². The molecule has 0 aromatic rings. The zero-order valence-corrected chi connectivity index (χ0v) is 10.5. The Hall–Kier alpha value is -0.750. The molecule has 1 amide bonds. The van der Waals surface area contributed by atoms with Crippen molar-refractivity contribution >= 4 is 23.6 Å². The number of amides is 1. The van der Waals surface area contributed by atoms with Crippen LogP contribution in [0.2, 0.25) is 0 Å². The van der Waals surface area contributed by atoms with E-state index in [1.807, 2.05) is 0 Å². The Morgan fingerprint density at radius 1 is 1.47 bits per heavy atom. The Balaban J connectivity index is 1.80. The van der Waals surface area contributed by atoms with Crippen LogP contribution in [0, 0.1) is 5.92 Å². The number of nitrogens with zero attached hydrogens (tertiary/aromatic N) is 1. The number of rotatable bonds is 4. The topological polar surface area (TPSA) is 69.6 Å². The third kappa shape index (κ3) is 3.13. The fraction of sp³-hybridized carbons (Fsp3) is 0.818. The quantitative estimate of drug-likeness (QED) is 0.762. The highest BCUT2D eigenvalue weighted by atomic mass is 32.2. The van der Waals surface area contributed by atoms with Crippen molar-refractivity contribution in [1.82, 2.24) is 10.2 Å². The van der Waals surface area contributed by atoms with Crippen molar-refractivity contribution in [1.29, 1.82) is 0 Å². The Morgan fingerprint density at radius 2 is 2.29 bits per heavy atom. The minimum Gasteiger partial charge on any atom is -0.480 e. The molecule has 0 radical (unpaired) electrons. The summed E-state index contributed by atoms with van der Waals surface area (Å²) in [5.41, 5.74) is 0. The second-order valence-electron chi connectivity index (χ2n) is 4.61. The molecule has 2 atom stereocenters. The van der Waals surface area contributed by atoms with E-state index in [4.69, 9.17) is 5.11 Å². The molecule has 2 fully saturated rings. The molecule has 6 heteroatoms. The molecule has 2 heterocycles. The summed E-state index contributed by atoms with van der Waals surface area (Å²) in [6, 6.07) is -0.616. The predicted molar refractivity (Wildman–Crippen MR) is 65.8 cm³/mol. The van der Waals surface area contributed by atoms with Crippen LogP contribution < -0.4 is 5.32 Å². The number of carbonyl (C=O) groups is 2. The minimum absolute atomic E-state index is 0.00528. The first-order valence-electron chi connectivity index (χ1n) is 5.99. The Bertz CT molecular complexity index is 305. The molecule has 96 valence electrons. The van der Waals surface area contributed by atoms with Gasteiger partial charge in [0.1, 0.15) is 6.04 Å². The zero-order chi connectivity index (χ0) is 12.3. The highest BCUT2D eigenvalue weighted by Crippen LogP contribution is 2.23. The van der Waals surface area contributed by atoms with E-state index in [9.17, 15) is 9.59 Å². The second kappa shape index (κ2) is 5.73. The lowest BCUT2D eigenvalue weighted by Gasteiger charge is -2.21. The van der Waals surface area contributed by atoms with E-state index in [1.165, 1.54) is 16.7 Å². The van der Waals surface area contributed by atoms with Crippen molar-refractivity contribution < 1.29 is 14.7 Å². The van der Waals surface area contributed by atoms with Gasteiger partial charge in [-0.25, -0.2) is 4.79 Å². The normalized spacial score (nSPS) is 28.6. The predicted octanol–water partition coefficient (Wildman–Crippen LogP) is 0.362. The van der Waals surface area contributed by atoms with Gasteiger partial charge in [0.15, 0.2) is 0 Å². The first-order valence-corrected chi connectivity index (χ1v) is 7.14. The lowest BCUT2D eigenvalue weighted by molar-refractivity contribution is -0.147. The van der Waals surface area contributed by atoms with Crippen LogP contribution in [0.3, 0.4) is 0 Å². The van der Waals surface area contributed by atoms with Gasteiger partial charge in [-0.15, -0.1) is 11.8 Å². The maximum absolute atomic E-state index is 11.9. The Labute approximate surface area is 105 Å². The van der Waals surface area contributed by atoms with Crippen LogP contribution in [0.15, 0.2) is 0 Å². The summed E-state index contributed by atoms with van der Waals surface area (Å²) >= 11 is 1.52. The minimum atomic E-state index is -0.883. The molecule has 5 nitrogen and oxygen atoms in total. The van der Waals surface area contributed by atoms with Gasteiger partial charge in [0, 0.05) is 12.2 Å². The maximum Gasteiger partial charge on any atom is 0.327 e. The molecule has 0 spiro atoms. The van der Waals surface area contributed by atoms with Gasteiger partial charge in [-0.05, 0) is 31.8 Å². The molecular weight excluding hydrogens is 240 g/mol. The fourth-order valence-corrected chi connectivity index (χ4v) is 3.50. The first-order chi connectivity index (χ1) is 8.18. The van der Waals surface area contributed by atoms with Crippen molar-refractivity contribution in [2.75, 3.05) is 24.7 Å². The molecule has 2 N–H and O–H groups in total. The van der Waals surface area contributed by atoms with E-state index in [-0.39, 0.29) is 5.91 Å². The number of nitrogens with one attached hydrogen (secondary N) is 1. The van der Waals surface area contributed by atoms with Gasteiger partial charge in [0.05, 0.1) is 5.88 Å². The summed E-state index contributed by atoms with van der Waals surface area (Å²) in [5, 5.41) is 12.3. The van der Waals surface area contributed by atoms with Gasteiger partial charge >= 0.3 is 5.97 Å². The van der Waals surface area contributed by atoms with Gasteiger partial charge in [-0.3, -0.25) is 4.79 Å². The number of carboxylic acid groups (broad SMARTS) is 1. The first kappa shape index (κ1) is 12.7. The molecule has 0 saturated carbocycles. The Morgan fingerprint density at radius 3 is 2.94 bits per heavy atom. The third-order valence-corrected chi connectivity index (χ3v) is 4.43. The molecule has 0 aromatic carbocycles. The van der Waals surface area contributed by atoms with Gasteiger partial charge < -0.3 is 15.3 Å². The number of carbonyl (C=O) groups excluding carboxylic acids is 1. The van der Waals surface area contributed by atoms with E-state index in [0.717, 1.165) is 25.9 Å². The lowest BCUT2D eigenvalue weighted by Crippen LogP contribution is -2.41. The van der Waals surface area contributed by atoms with Crippen molar-refractivity contribution in [2.24, 2.45) is 5.92 Å². The van der Waals surface area contributed by atoms with Crippen LogP contribution >= 0.6 is 11.8 Å². The summed E-state index contributed by atoms with van der Waals surface area (Å²) in [4.78, 5) is 24.4. The zero-order valence-electron chi connectivity index (χ0n) is 9.72. The van der Waals surface area contributed by atoms with Gasteiger partial charge in [0.25, 0.3) is 0 Å². The Kier molecular flexibility index (Phi) is 4.28. The van der Waals surface area contributed by atoms with E-state index >= 15 is 0 Å². The number of aliphatic carboxylic acids is 1. The monoisotopic (exact) mass is 258 g/mol. The van der Waals surface area contributed by atoms with E-state index in [1.54, 1.807) is 0 Å². The second-order valence-corrected chi connectivity index (χ2v) is 5.61. The summed E-state index contributed by atoms with van der Waals surface area (Å²) < 4.78 is 0. The molecule has 17 heavy (non-hydrogen) atoms. The summed E-state index contributed by atoms with van der Waals surface area (Å²) in [6.07, 6.45) is 2.49. The molecule has 0 aliphatic carbocycles. The van der Waals surface area contributed by atoms with Crippen molar-refractivity contribution in [3.8, 4) is 0 Å². The summed E-state index contributed by atoms with van der Waals surface area (Å²) in [5.74, 6) is 0.739. The number of thioether (sulfide) groups is 1. The van der Waals surface area contributed by atoms with Crippen molar-refractivity contribution in [3.63, 3.8) is 0 Å². The average Bonchev–Trinajstić information content (AvgIpc) is 2.96. The molecule has 0 bridgehead atoms.